The van der Waals surface area contributed by atoms with Crippen molar-refractivity contribution in [1.82, 2.24) is 24.4 Å². The molecule has 1 aliphatic rings. The third-order valence-corrected chi connectivity index (χ3v) is 4.85. The van der Waals surface area contributed by atoms with E-state index in [1.165, 1.54) is 12.4 Å². The fourth-order valence-corrected chi connectivity index (χ4v) is 3.40. The van der Waals surface area contributed by atoms with Gasteiger partial charge in [0.2, 0.25) is 0 Å². The van der Waals surface area contributed by atoms with Crippen LogP contribution in [0.4, 0.5) is 5.82 Å². The lowest BCUT2D eigenvalue weighted by Crippen LogP contribution is -2.38. The van der Waals surface area contributed by atoms with Gasteiger partial charge in [-0.15, -0.1) is 0 Å². The summed E-state index contributed by atoms with van der Waals surface area (Å²) in [4.78, 5) is 19.1. The van der Waals surface area contributed by atoms with Crippen LogP contribution < -0.4 is 11.6 Å². The molecule has 1 saturated heterocycles. The van der Waals surface area contributed by atoms with E-state index in [9.17, 15) is 10.2 Å². The number of anilines is 1. The van der Waals surface area contributed by atoms with Gasteiger partial charge in [0.15, 0.2) is 23.2 Å². The van der Waals surface area contributed by atoms with Crippen LogP contribution in [0.2, 0.25) is 0 Å². The second kappa shape index (κ2) is 8.90. The predicted molar refractivity (Wildman–Crippen MR) is 103 cm³/mol. The zero-order valence-corrected chi connectivity index (χ0v) is 15.8. The van der Waals surface area contributed by atoms with Crippen LogP contribution in [0.5, 0.6) is 0 Å². The quantitative estimate of drug-likeness (QED) is 0.316. The minimum Gasteiger partial charge on any atom is -0.387 e. The molecule has 0 bridgehead atoms. The molecule has 1 aliphatic heterocycles. The van der Waals surface area contributed by atoms with Crippen molar-refractivity contribution in [2.45, 2.75) is 37.4 Å². The Balaban J connectivity index is 1.77. The van der Waals surface area contributed by atoms with Crippen LogP contribution in [-0.4, -0.2) is 79.7 Å². The predicted octanol–water partition coefficient (Wildman–Crippen LogP) is -0.727. The number of hydrogen-bond acceptors (Lipinski definition) is 10. The molecule has 2 aromatic rings. The van der Waals surface area contributed by atoms with Gasteiger partial charge in [-0.1, -0.05) is 6.58 Å². The second-order valence-corrected chi connectivity index (χ2v) is 6.86. The first-order valence-electron chi connectivity index (χ1n) is 9.10. The number of rotatable bonds is 9. The number of likely N-dealkylation sites (N-methyl/N-ethyl adjacent to an activating group) is 1. The van der Waals surface area contributed by atoms with E-state index >= 15 is 0 Å². The summed E-state index contributed by atoms with van der Waals surface area (Å²) in [7, 11) is 1.93. The molecular weight excluding hydrogens is 366 g/mol. The molecule has 11 heteroatoms. The number of nitrogens with zero attached hydrogens (tertiary/aromatic N) is 5. The number of aliphatic hydroxyl groups excluding tert-OH is 2. The zero-order valence-electron chi connectivity index (χ0n) is 15.8. The molecule has 0 radical (unpaired) electrons. The van der Waals surface area contributed by atoms with Crippen molar-refractivity contribution >= 4 is 23.1 Å². The van der Waals surface area contributed by atoms with Gasteiger partial charge in [-0.05, 0) is 32.5 Å². The van der Waals surface area contributed by atoms with E-state index in [0.717, 1.165) is 19.4 Å². The molecule has 0 saturated carbocycles. The molecule has 2 aromatic heterocycles. The van der Waals surface area contributed by atoms with E-state index in [0.29, 0.717) is 30.1 Å². The third kappa shape index (κ3) is 3.99. The molecule has 0 amide bonds. The average Bonchev–Trinajstić information content (AvgIpc) is 3.18. The maximum absolute atomic E-state index is 10.6. The molecule has 3 heterocycles. The summed E-state index contributed by atoms with van der Waals surface area (Å²) in [6.07, 6.45) is 0.900. The lowest BCUT2D eigenvalue weighted by Gasteiger charge is -2.22. The van der Waals surface area contributed by atoms with E-state index in [2.05, 4.69) is 26.4 Å². The number of ether oxygens (including phenoxy) is 1. The summed E-state index contributed by atoms with van der Waals surface area (Å²) in [5.74, 6) is 5.66. The van der Waals surface area contributed by atoms with E-state index in [-0.39, 0.29) is 5.82 Å². The van der Waals surface area contributed by atoms with E-state index in [1.54, 1.807) is 4.57 Å². The van der Waals surface area contributed by atoms with Gasteiger partial charge in [-0.2, -0.15) is 0 Å². The molecule has 4 unspecified atom stereocenters. The smallest absolute Gasteiger partial charge is 0.168 e. The zero-order chi connectivity index (χ0) is 20.3. The van der Waals surface area contributed by atoms with Crippen molar-refractivity contribution in [3.05, 3.63) is 18.7 Å². The number of imidazole rings is 1. The average molecular weight is 393 g/mol. The molecule has 6 N–H and O–H groups in total. The Morgan fingerprint density at radius 3 is 2.86 bits per heavy atom. The molecule has 28 heavy (non-hydrogen) atoms. The monoisotopic (exact) mass is 393 g/mol. The van der Waals surface area contributed by atoms with Gasteiger partial charge in [-0.3, -0.25) is 4.57 Å². The Morgan fingerprint density at radius 2 is 2.14 bits per heavy atom. The summed E-state index contributed by atoms with van der Waals surface area (Å²) < 4.78 is 7.60. The van der Waals surface area contributed by atoms with Gasteiger partial charge in [0, 0.05) is 6.54 Å². The number of nitrogens with two attached hydrogens (primary N) is 2. The van der Waals surface area contributed by atoms with Crippen molar-refractivity contribution < 1.29 is 19.8 Å². The van der Waals surface area contributed by atoms with Crippen molar-refractivity contribution in [3.63, 3.8) is 0 Å². The van der Waals surface area contributed by atoms with Gasteiger partial charge in [-0.25, -0.2) is 20.8 Å². The van der Waals surface area contributed by atoms with Crippen LogP contribution in [-0.2, 0) is 9.57 Å². The van der Waals surface area contributed by atoms with Gasteiger partial charge in [0.05, 0.1) is 6.61 Å². The van der Waals surface area contributed by atoms with Crippen molar-refractivity contribution in [3.8, 4) is 0 Å². The molecular formula is C17H27N7O4. The normalized spacial score (nSPS) is 25.0. The number of aliphatic hydroxyl groups is 2. The van der Waals surface area contributed by atoms with Crippen molar-refractivity contribution in [2.24, 2.45) is 5.90 Å². The maximum atomic E-state index is 10.6. The van der Waals surface area contributed by atoms with Crippen molar-refractivity contribution in [2.75, 3.05) is 32.5 Å². The molecule has 3 rings (SSSR count). The minimum atomic E-state index is -1.16. The first-order valence-corrected chi connectivity index (χ1v) is 9.10. The Morgan fingerprint density at radius 1 is 1.36 bits per heavy atom. The molecule has 4 atom stereocenters. The summed E-state index contributed by atoms with van der Waals surface area (Å²) in [6.45, 7) is 5.48. The minimum absolute atomic E-state index is 0.220. The van der Waals surface area contributed by atoms with Crippen LogP contribution in [0.1, 0.15) is 24.9 Å². The summed E-state index contributed by atoms with van der Waals surface area (Å²) in [6, 6.07) is 0. The Labute approximate surface area is 162 Å². The van der Waals surface area contributed by atoms with Crippen LogP contribution >= 0.6 is 0 Å². The Bertz CT molecular complexity index is 814. The molecule has 154 valence electrons. The lowest BCUT2D eigenvalue weighted by molar-refractivity contribution is -0.0426. The van der Waals surface area contributed by atoms with E-state index < -0.39 is 24.5 Å². The highest BCUT2D eigenvalue weighted by Gasteiger charge is 2.45. The lowest BCUT2D eigenvalue weighted by atomic mass is 10.1. The summed E-state index contributed by atoms with van der Waals surface area (Å²) in [5, 5.41) is 21.1. The van der Waals surface area contributed by atoms with Gasteiger partial charge < -0.3 is 30.4 Å². The molecule has 0 aromatic carbocycles. The Hall–Kier alpha value is -2.15. The molecule has 11 nitrogen and oxygen atoms in total. The SMILES string of the molecule is C=Cc1nc2c(N)ncnc2n1C1OC(CN(C)CCCCON)C(O)C1O. The highest BCUT2D eigenvalue weighted by molar-refractivity contribution is 5.83. The molecule has 0 aliphatic carbocycles. The van der Waals surface area contributed by atoms with Crippen LogP contribution in [0.15, 0.2) is 12.9 Å². The Kier molecular flexibility index (Phi) is 6.54. The number of aromatic nitrogens is 4. The van der Waals surface area contributed by atoms with E-state index in [1.807, 2.05) is 11.9 Å². The molecule has 0 spiro atoms. The third-order valence-electron chi connectivity index (χ3n) is 4.85. The van der Waals surface area contributed by atoms with Gasteiger partial charge in [0.1, 0.15) is 30.5 Å². The van der Waals surface area contributed by atoms with Crippen LogP contribution in [0.3, 0.4) is 0 Å². The number of unbranched alkanes of at least 4 members (excludes halogenated alkanes) is 1. The largest absolute Gasteiger partial charge is 0.387 e. The fourth-order valence-electron chi connectivity index (χ4n) is 3.40. The summed E-state index contributed by atoms with van der Waals surface area (Å²) >= 11 is 0. The summed E-state index contributed by atoms with van der Waals surface area (Å²) in [5.41, 5.74) is 6.68. The standard InChI is InChI=1S/C17H27N7O4/c1-3-11-22-12-15(18)20-9-21-16(12)24(11)17-14(26)13(25)10(28-17)8-23(2)6-4-5-7-27-19/h3,9-10,13-14,17,25-26H,1,4-8,19H2,2H3,(H2,18,20,21). The fraction of sp³-hybridized carbons (Fsp3) is 0.588. The first kappa shape index (κ1) is 20.6. The highest BCUT2D eigenvalue weighted by atomic mass is 16.6. The van der Waals surface area contributed by atoms with Crippen LogP contribution in [0.25, 0.3) is 17.2 Å². The van der Waals surface area contributed by atoms with Crippen LogP contribution in [0, 0.1) is 0 Å². The van der Waals surface area contributed by atoms with Crippen molar-refractivity contribution in [1.29, 1.82) is 0 Å². The highest BCUT2D eigenvalue weighted by Crippen LogP contribution is 2.34. The maximum Gasteiger partial charge on any atom is 0.168 e. The number of hydrogen-bond donors (Lipinski definition) is 4. The topological polar surface area (TPSA) is 158 Å². The van der Waals surface area contributed by atoms with Gasteiger partial charge >= 0.3 is 0 Å². The second-order valence-electron chi connectivity index (χ2n) is 6.86. The number of nitrogen functional groups attached to an aromatic ring is 1. The van der Waals surface area contributed by atoms with Gasteiger partial charge in [0.25, 0.3) is 0 Å². The van der Waals surface area contributed by atoms with E-state index in [4.69, 9.17) is 16.4 Å². The first-order chi connectivity index (χ1) is 13.5. The number of fused-ring (bicyclic) bond motifs is 1. The molecule has 1 fully saturated rings.